The van der Waals surface area contributed by atoms with Crippen LogP contribution in [0.4, 0.5) is 0 Å². The smallest absolute Gasteiger partial charge is 0.0476 e. The van der Waals surface area contributed by atoms with E-state index in [9.17, 15) is 0 Å². The first-order valence-electron chi connectivity index (χ1n) is 9.00. The van der Waals surface area contributed by atoms with Gasteiger partial charge in [-0.1, -0.05) is 22.0 Å². The summed E-state index contributed by atoms with van der Waals surface area (Å²) in [6, 6.07) is 7.98. The van der Waals surface area contributed by atoms with E-state index in [1.807, 2.05) is 30.6 Å². The highest BCUT2D eigenvalue weighted by atomic mass is 79.9. The van der Waals surface area contributed by atoms with E-state index in [2.05, 4.69) is 47.9 Å². The maximum absolute atomic E-state index is 5.30. The van der Waals surface area contributed by atoms with Gasteiger partial charge in [0.2, 0.25) is 0 Å². The molecule has 4 heterocycles. The van der Waals surface area contributed by atoms with Crippen LogP contribution in [0.5, 0.6) is 0 Å². The monoisotopic (exact) mass is 484 g/mol. The molecule has 6 heteroatoms. The molecule has 2 aliphatic heterocycles. The molecule has 26 heavy (non-hydrogen) atoms. The van der Waals surface area contributed by atoms with Crippen molar-refractivity contribution >= 4 is 31.9 Å². The zero-order chi connectivity index (χ0) is 18.5. The summed E-state index contributed by atoms with van der Waals surface area (Å²) >= 11 is 6.76. The minimum absolute atomic E-state index is 0.674. The molecule has 0 amide bonds. The Balaban J connectivity index is 0.000000150. The molecule has 0 aliphatic carbocycles. The van der Waals surface area contributed by atoms with E-state index in [0.29, 0.717) is 5.92 Å². The first-order valence-corrected chi connectivity index (χ1v) is 10.7. The Morgan fingerprint density at radius 2 is 1.38 bits per heavy atom. The standard InChI is InChI=1S/C10H13NO.C5H4BrN.C5H9BrO/c1-2-10(8-11-5-1)9-3-6-12-7-4-9;6-5-2-1-3-7-4-5;6-5-1-3-7-4-2-5/h1-2,5,8-9H,3-4,6-7H2;1-4H;5H,1-4H2. The molecular formula is C20H26Br2N2O2. The molecule has 0 spiro atoms. The molecule has 2 aliphatic rings. The lowest BCUT2D eigenvalue weighted by atomic mass is 9.93. The van der Waals surface area contributed by atoms with Crippen molar-refractivity contribution in [1.29, 1.82) is 0 Å². The fourth-order valence-electron chi connectivity index (χ4n) is 2.66. The van der Waals surface area contributed by atoms with Gasteiger partial charge in [-0.3, -0.25) is 9.97 Å². The molecule has 0 unspecified atom stereocenters. The molecule has 0 aromatic carbocycles. The van der Waals surface area contributed by atoms with Crippen molar-refractivity contribution in [3.8, 4) is 0 Å². The molecule has 2 saturated heterocycles. The Hall–Kier alpha value is -0.820. The van der Waals surface area contributed by atoms with Crippen molar-refractivity contribution in [2.45, 2.75) is 36.4 Å². The molecule has 0 bridgehead atoms. The highest BCUT2D eigenvalue weighted by Gasteiger charge is 2.15. The predicted molar refractivity (Wildman–Crippen MR) is 112 cm³/mol. The first kappa shape index (κ1) is 21.5. The van der Waals surface area contributed by atoms with Gasteiger partial charge in [-0.05, 0) is 71.3 Å². The normalized spacial score (nSPS) is 18.1. The Morgan fingerprint density at radius 3 is 1.77 bits per heavy atom. The van der Waals surface area contributed by atoms with Gasteiger partial charge in [0.1, 0.15) is 0 Å². The number of rotatable bonds is 1. The van der Waals surface area contributed by atoms with Gasteiger partial charge >= 0.3 is 0 Å². The quantitative estimate of drug-likeness (QED) is 0.508. The van der Waals surface area contributed by atoms with Crippen molar-refractivity contribution in [3.63, 3.8) is 0 Å². The van der Waals surface area contributed by atoms with Gasteiger partial charge in [-0.25, -0.2) is 0 Å². The first-order chi connectivity index (χ1) is 12.8. The second-order valence-corrected chi connectivity index (χ2v) is 8.34. The average Bonchev–Trinajstić information content (AvgIpc) is 2.72. The molecule has 2 aromatic rings. The number of aromatic nitrogens is 2. The van der Waals surface area contributed by atoms with E-state index in [0.717, 1.165) is 48.6 Å². The summed E-state index contributed by atoms with van der Waals surface area (Å²) in [5.41, 5.74) is 1.36. The van der Waals surface area contributed by atoms with Crippen LogP contribution in [0.2, 0.25) is 0 Å². The lowest BCUT2D eigenvalue weighted by Crippen LogP contribution is -2.14. The summed E-state index contributed by atoms with van der Waals surface area (Å²) in [4.78, 5) is 8.68. The van der Waals surface area contributed by atoms with Gasteiger partial charge in [0.05, 0.1) is 0 Å². The summed E-state index contributed by atoms with van der Waals surface area (Å²) in [5.74, 6) is 0.674. The summed E-state index contributed by atoms with van der Waals surface area (Å²) in [7, 11) is 0. The highest BCUT2D eigenvalue weighted by Crippen LogP contribution is 2.25. The third-order valence-corrected chi connectivity index (χ3v) is 5.54. The van der Waals surface area contributed by atoms with Crippen LogP contribution in [-0.2, 0) is 9.47 Å². The summed E-state index contributed by atoms with van der Waals surface area (Å²) < 4.78 is 11.4. The van der Waals surface area contributed by atoms with Crippen molar-refractivity contribution in [2.24, 2.45) is 0 Å². The van der Waals surface area contributed by atoms with Crippen LogP contribution in [0.3, 0.4) is 0 Å². The SMILES string of the molecule is BrC1CCOCC1.Brc1cccnc1.c1cncc(C2CCOCC2)c1. The highest BCUT2D eigenvalue weighted by molar-refractivity contribution is 9.10. The van der Waals surface area contributed by atoms with Gasteiger partial charge in [-0.2, -0.15) is 0 Å². The number of pyridine rings is 2. The Labute approximate surface area is 173 Å². The fourth-order valence-corrected chi connectivity index (χ4v) is 3.30. The van der Waals surface area contributed by atoms with E-state index < -0.39 is 0 Å². The van der Waals surface area contributed by atoms with Crippen LogP contribution < -0.4 is 0 Å². The zero-order valence-corrected chi connectivity index (χ0v) is 18.1. The van der Waals surface area contributed by atoms with Gasteiger partial charge in [-0.15, -0.1) is 0 Å². The van der Waals surface area contributed by atoms with Gasteiger partial charge in [0, 0.05) is 60.5 Å². The summed E-state index contributed by atoms with van der Waals surface area (Å²) in [6.07, 6.45) is 11.9. The van der Waals surface area contributed by atoms with Gasteiger partial charge < -0.3 is 9.47 Å². The van der Waals surface area contributed by atoms with Crippen LogP contribution in [-0.4, -0.2) is 41.2 Å². The van der Waals surface area contributed by atoms with Gasteiger partial charge in [0.25, 0.3) is 0 Å². The molecule has 0 N–H and O–H groups in total. The van der Waals surface area contributed by atoms with E-state index in [-0.39, 0.29) is 0 Å². The van der Waals surface area contributed by atoms with Crippen LogP contribution in [0.25, 0.3) is 0 Å². The van der Waals surface area contributed by atoms with Crippen LogP contribution in [0.15, 0.2) is 53.5 Å². The maximum atomic E-state index is 5.30. The largest absolute Gasteiger partial charge is 0.381 e. The van der Waals surface area contributed by atoms with E-state index in [1.165, 1.54) is 18.4 Å². The molecule has 2 aromatic heterocycles. The molecule has 4 nitrogen and oxygen atoms in total. The van der Waals surface area contributed by atoms with Crippen molar-refractivity contribution in [1.82, 2.24) is 9.97 Å². The van der Waals surface area contributed by atoms with Gasteiger partial charge in [0.15, 0.2) is 0 Å². The van der Waals surface area contributed by atoms with Crippen molar-refractivity contribution in [2.75, 3.05) is 26.4 Å². The average molecular weight is 486 g/mol. The van der Waals surface area contributed by atoms with Crippen molar-refractivity contribution in [3.05, 3.63) is 59.1 Å². The minimum Gasteiger partial charge on any atom is -0.381 e. The molecule has 2 fully saturated rings. The third kappa shape index (κ3) is 9.21. The molecule has 142 valence electrons. The number of hydrogen-bond acceptors (Lipinski definition) is 4. The van der Waals surface area contributed by atoms with E-state index in [4.69, 9.17) is 9.47 Å². The minimum atomic E-state index is 0.674. The zero-order valence-electron chi connectivity index (χ0n) is 14.9. The molecule has 4 rings (SSSR count). The second kappa shape index (κ2) is 13.4. The lowest BCUT2D eigenvalue weighted by molar-refractivity contribution is 0.0853. The van der Waals surface area contributed by atoms with Crippen LogP contribution in [0.1, 0.15) is 37.2 Å². The van der Waals surface area contributed by atoms with E-state index >= 15 is 0 Å². The number of hydrogen-bond donors (Lipinski definition) is 0. The topological polar surface area (TPSA) is 44.2 Å². The molecule has 0 atom stereocenters. The third-order valence-electron chi connectivity index (χ3n) is 4.15. The fraction of sp³-hybridized carbons (Fsp3) is 0.500. The number of halogens is 2. The van der Waals surface area contributed by atoms with Crippen LogP contribution >= 0.6 is 31.9 Å². The number of alkyl halides is 1. The Morgan fingerprint density at radius 1 is 0.808 bits per heavy atom. The Kier molecular flexibility index (Phi) is 11.0. The molecular weight excluding hydrogens is 460 g/mol. The molecule has 0 radical (unpaired) electrons. The molecule has 0 saturated carbocycles. The van der Waals surface area contributed by atoms with Crippen molar-refractivity contribution < 1.29 is 9.47 Å². The maximum Gasteiger partial charge on any atom is 0.0476 e. The second-order valence-electron chi connectivity index (χ2n) is 6.13. The number of ether oxygens (including phenoxy) is 2. The number of nitrogens with zero attached hydrogens (tertiary/aromatic N) is 2. The van der Waals surface area contributed by atoms with E-state index in [1.54, 1.807) is 12.4 Å². The predicted octanol–water partition coefficient (Wildman–Crippen LogP) is 5.38. The summed E-state index contributed by atoms with van der Waals surface area (Å²) in [6.45, 7) is 3.69. The lowest BCUT2D eigenvalue weighted by Gasteiger charge is -2.21. The Bertz CT molecular complexity index is 575. The summed E-state index contributed by atoms with van der Waals surface area (Å²) in [5, 5.41) is 0. The van der Waals surface area contributed by atoms with Crippen LogP contribution in [0, 0.1) is 0 Å².